The molecule has 2 N–H and O–H groups in total. The molecule has 2 heteroatoms. The first-order chi connectivity index (χ1) is 6.41. The predicted octanol–water partition coefficient (Wildman–Crippen LogP) is 2.16. The molecule has 0 aliphatic heterocycles. The van der Waals surface area contributed by atoms with E-state index >= 15 is 0 Å². The third-order valence-corrected chi connectivity index (χ3v) is 2.21. The summed E-state index contributed by atoms with van der Waals surface area (Å²) in [4.78, 5) is 0. The molecule has 0 saturated carbocycles. The number of rotatable bonds is 10. The summed E-state index contributed by atoms with van der Waals surface area (Å²) in [6.45, 7) is 8.95. The molecule has 13 heavy (non-hydrogen) atoms. The fourth-order valence-electron chi connectivity index (χ4n) is 1.38. The van der Waals surface area contributed by atoms with E-state index in [1.165, 1.54) is 45.2 Å². The summed E-state index contributed by atoms with van der Waals surface area (Å²) < 4.78 is 0. The average Bonchev–Trinajstić information content (AvgIpc) is 2.16. The highest BCUT2D eigenvalue weighted by Crippen LogP contribution is 2.01. The second-order valence-corrected chi connectivity index (χ2v) is 3.47. The molecule has 0 bridgehead atoms. The van der Waals surface area contributed by atoms with E-state index in [1.54, 1.807) is 0 Å². The van der Waals surface area contributed by atoms with Gasteiger partial charge in [-0.3, -0.25) is 0 Å². The molecule has 0 heterocycles. The zero-order valence-electron chi connectivity index (χ0n) is 9.36. The Balaban J connectivity index is 2.76. The largest absolute Gasteiger partial charge is 0.317 e. The van der Waals surface area contributed by atoms with Gasteiger partial charge in [0.05, 0.1) is 0 Å². The van der Waals surface area contributed by atoms with Crippen molar-refractivity contribution in [2.75, 3.05) is 26.2 Å². The average molecular weight is 186 g/mol. The first kappa shape index (κ1) is 12.9. The van der Waals surface area contributed by atoms with Crippen LogP contribution in [-0.4, -0.2) is 26.2 Å². The summed E-state index contributed by atoms with van der Waals surface area (Å²) >= 11 is 0. The molecule has 0 aromatic rings. The molecule has 0 unspecified atom stereocenters. The molecule has 2 nitrogen and oxygen atoms in total. The fourth-order valence-corrected chi connectivity index (χ4v) is 1.38. The second-order valence-electron chi connectivity index (χ2n) is 3.47. The molecule has 0 spiro atoms. The number of unbranched alkanes of at least 4 members (excludes halogenated alkanes) is 4. The van der Waals surface area contributed by atoms with Crippen molar-refractivity contribution in [3.8, 4) is 0 Å². The van der Waals surface area contributed by atoms with Crippen LogP contribution in [0.4, 0.5) is 0 Å². The van der Waals surface area contributed by atoms with Crippen LogP contribution in [0.15, 0.2) is 0 Å². The van der Waals surface area contributed by atoms with Crippen molar-refractivity contribution in [2.24, 2.45) is 0 Å². The smallest absolute Gasteiger partial charge is 0.00490 e. The molecular formula is C11H26N2. The molecule has 0 fully saturated rings. The molecule has 0 aliphatic carbocycles. The zero-order valence-corrected chi connectivity index (χ0v) is 9.36. The van der Waals surface area contributed by atoms with E-state index in [0.717, 1.165) is 13.1 Å². The third-order valence-electron chi connectivity index (χ3n) is 2.21. The Kier molecular flexibility index (Phi) is 11.8. The monoisotopic (exact) mass is 186 g/mol. The van der Waals surface area contributed by atoms with Gasteiger partial charge in [-0.2, -0.15) is 0 Å². The lowest BCUT2D eigenvalue weighted by Crippen LogP contribution is -2.14. The van der Waals surface area contributed by atoms with Crippen molar-refractivity contribution in [2.45, 2.75) is 46.0 Å². The van der Waals surface area contributed by atoms with Gasteiger partial charge in [0, 0.05) is 0 Å². The maximum Gasteiger partial charge on any atom is -0.00490 e. The minimum atomic E-state index is 1.11. The van der Waals surface area contributed by atoms with E-state index in [4.69, 9.17) is 0 Å². The topological polar surface area (TPSA) is 24.1 Å². The van der Waals surface area contributed by atoms with Crippen LogP contribution in [0, 0.1) is 0 Å². The lowest BCUT2D eigenvalue weighted by Gasteiger charge is -2.02. The van der Waals surface area contributed by atoms with Gasteiger partial charge < -0.3 is 10.6 Å². The molecule has 0 rings (SSSR count). The van der Waals surface area contributed by atoms with Crippen molar-refractivity contribution >= 4 is 0 Å². The number of hydrogen-bond acceptors (Lipinski definition) is 2. The molecular weight excluding hydrogens is 160 g/mol. The quantitative estimate of drug-likeness (QED) is 0.511. The molecule has 0 atom stereocenters. The summed E-state index contributed by atoms with van der Waals surface area (Å²) in [6.07, 6.45) is 6.86. The molecule has 0 aromatic heterocycles. The van der Waals surface area contributed by atoms with Crippen molar-refractivity contribution in [3.63, 3.8) is 0 Å². The van der Waals surface area contributed by atoms with Gasteiger partial charge in [0.2, 0.25) is 0 Å². The van der Waals surface area contributed by atoms with Crippen LogP contribution in [0.3, 0.4) is 0 Å². The van der Waals surface area contributed by atoms with Gasteiger partial charge in [-0.05, 0) is 39.0 Å². The Labute approximate surface area is 83.5 Å². The van der Waals surface area contributed by atoms with Crippen molar-refractivity contribution in [1.82, 2.24) is 10.6 Å². The van der Waals surface area contributed by atoms with Crippen molar-refractivity contribution < 1.29 is 0 Å². The molecule has 80 valence electrons. The first-order valence-electron chi connectivity index (χ1n) is 5.83. The van der Waals surface area contributed by atoms with Gasteiger partial charge in [-0.25, -0.2) is 0 Å². The van der Waals surface area contributed by atoms with E-state index < -0.39 is 0 Å². The maximum absolute atomic E-state index is 3.35. The zero-order chi connectivity index (χ0) is 9.78. The number of hydrogen-bond donors (Lipinski definition) is 2. The highest BCUT2D eigenvalue weighted by Gasteiger charge is 1.89. The summed E-state index contributed by atoms with van der Waals surface area (Å²) in [5.41, 5.74) is 0. The predicted molar refractivity (Wildman–Crippen MR) is 60.2 cm³/mol. The van der Waals surface area contributed by atoms with Crippen molar-refractivity contribution in [1.29, 1.82) is 0 Å². The molecule has 0 aliphatic rings. The van der Waals surface area contributed by atoms with Crippen LogP contribution in [0.1, 0.15) is 46.0 Å². The highest BCUT2D eigenvalue weighted by atomic mass is 14.8. The van der Waals surface area contributed by atoms with Crippen LogP contribution in [0.25, 0.3) is 0 Å². The van der Waals surface area contributed by atoms with E-state index in [9.17, 15) is 0 Å². The maximum atomic E-state index is 3.35. The molecule has 0 amide bonds. The van der Waals surface area contributed by atoms with Gasteiger partial charge in [0.1, 0.15) is 0 Å². The highest BCUT2D eigenvalue weighted by molar-refractivity contribution is 4.49. The molecule has 0 saturated heterocycles. The van der Waals surface area contributed by atoms with Gasteiger partial charge in [0.25, 0.3) is 0 Å². The van der Waals surface area contributed by atoms with Crippen LogP contribution in [0.2, 0.25) is 0 Å². The van der Waals surface area contributed by atoms with Crippen LogP contribution in [0.5, 0.6) is 0 Å². The minimum Gasteiger partial charge on any atom is -0.317 e. The van der Waals surface area contributed by atoms with Crippen LogP contribution >= 0.6 is 0 Å². The van der Waals surface area contributed by atoms with Crippen molar-refractivity contribution in [3.05, 3.63) is 0 Å². The Morgan fingerprint density at radius 3 is 1.38 bits per heavy atom. The Morgan fingerprint density at radius 1 is 0.615 bits per heavy atom. The molecule has 0 aromatic carbocycles. The van der Waals surface area contributed by atoms with Gasteiger partial charge in [-0.1, -0.05) is 33.1 Å². The van der Waals surface area contributed by atoms with Gasteiger partial charge in [0.15, 0.2) is 0 Å². The van der Waals surface area contributed by atoms with Crippen LogP contribution < -0.4 is 10.6 Å². The van der Waals surface area contributed by atoms with Gasteiger partial charge >= 0.3 is 0 Å². The van der Waals surface area contributed by atoms with E-state index in [1.807, 2.05) is 0 Å². The van der Waals surface area contributed by atoms with E-state index in [0.29, 0.717) is 0 Å². The lowest BCUT2D eigenvalue weighted by atomic mass is 10.1. The summed E-state index contributed by atoms with van der Waals surface area (Å²) in [7, 11) is 0. The van der Waals surface area contributed by atoms with E-state index in [-0.39, 0.29) is 0 Å². The normalized spacial score (nSPS) is 10.6. The minimum absolute atomic E-state index is 1.11. The summed E-state index contributed by atoms with van der Waals surface area (Å²) in [5.74, 6) is 0. The first-order valence-corrected chi connectivity index (χ1v) is 5.83. The number of nitrogens with one attached hydrogen (secondary N) is 2. The second kappa shape index (κ2) is 11.9. The Bertz CT molecular complexity index is 74.2. The lowest BCUT2D eigenvalue weighted by molar-refractivity contribution is 0.566. The summed E-state index contributed by atoms with van der Waals surface area (Å²) in [6, 6.07) is 0. The Hall–Kier alpha value is -0.0800. The third kappa shape index (κ3) is 11.9. The van der Waals surface area contributed by atoms with Gasteiger partial charge in [-0.15, -0.1) is 0 Å². The summed E-state index contributed by atoms with van der Waals surface area (Å²) in [5, 5.41) is 6.69. The van der Waals surface area contributed by atoms with Crippen LogP contribution in [-0.2, 0) is 0 Å². The SMILES string of the molecule is CCNCCCCCCCNCC. The fraction of sp³-hybridized carbons (Fsp3) is 1.00. The Morgan fingerprint density at radius 2 is 1.00 bits per heavy atom. The standard InChI is InChI=1S/C11H26N2/c1-3-12-10-8-6-5-7-9-11-13-4-2/h12-13H,3-11H2,1-2H3. The molecule has 0 radical (unpaired) electrons. The van der Waals surface area contributed by atoms with E-state index in [2.05, 4.69) is 24.5 Å².